The van der Waals surface area contributed by atoms with Crippen LogP contribution in [0.2, 0.25) is 0 Å². The standard InChI is InChI=1S/C28H32N2O2S/c31-33(32,21-24-10-4-1-5-11-24)30-19-17-28(23-30)16-18-29(22-28)20-27(25-12-6-2-7-13-25)26-14-8-3-9-15-26/h1-15,27H,16-23H2/t28-/m0/s1. The van der Waals surface area contributed by atoms with Crippen LogP contribution in [0.5, 0.6) is 0 Å². The molecule has 4 nitrogen and oxygen atoms in total. The van der Waals surface area contributed by atoms with Crippen molar-refractivity contribution in [1.29, 1.82) is 0 Å². The van der Waals surface area contributed by atoms with Crippen molar-refractivity contribution < 1.29 is 8.42 Å². The van der Waals surface area contributed by atoms with Gasteiger partial charge in [0.15, 0.2) is 0 Å². The highest BCUT2D eigenvalue weighted by atomic mass is 32.2. The molecule has 0 radical (unpaired) electrons. The quantitative estimate of drug-likeness (QED) is 0.511. The normalized spacial score (nSPS) is 21.8. The highest BCUT2D eigenvalue weighted by Gasteiger charge is 2.46. The maximum absolute atomic E-state index is 13.1. The molecule has 2 fully saturated rings. The van der Waals surface area contributed by atoms with E-state index in [-0.39, 0.29) is 11.2 Å². The monoisotopic (exact) mass is 460 g/mol. The Labute approximate surface area is 197 Å². The Hall–Kier alpha value is -2.47. The van der Waals surface area contributed by atoms with E-state index in [0.29, 0.717) is 19.0 Å². The van der Waals surface area contributed by atoms with Crippen molar-refractivity contribution in [2.45, 2.75) is 24.5 Å². The Morgan fingerprint density at radius 2 is 1.27 bits per heavy atom. The molecule has 1 spiro atoms. The van der Waals surface area contributed by atoms with Crippen LogP contribution >= 0.6 is 0 Å². The molecular weight excluding hydrogens is 428 g/mol. The van der Waals surface area contributed by atoms with E-state index in [4.69, 9.17) is 0 Å². The zero-order valence-corrected chi connectivity index (χ0v) is 19.8. The van der Waals surface area contributed by atoms with Crippen molar-refractivity contribution in [3.63, 3.8) is 0 Å². The topological polar surface area (TPSA) is 40.6 Å². The maximum Gasteiger partial charge on any atom is 0.218 e. The highest BCUT2D eigenvalue weighted by Crippen LogP contribution is 2.42. The molecule has 5 heteroatoms. The fraction of sp³-hybridized carbons (Fsp3) is 0.357. The second-order valence-corrected chi connectivity index (χ2v) is 11.7. The highest BCUT2D eigenvalue weighted by molar-refractivity contribution is 7.88. The molecule has 1 atom stereocenters. The molecular formula is C28H32N2O2S. The zero-order chi connectivity index (χ0) is 22.7. The molecule has 0 bridgehead atoms. The number of hydrogen-bond acceptors (Lipinski definition) is 3. The van der Waals surface area contributed by atoms with Gasteiger partial charge in [0.25, 0.3) is 0 Å². The summed E-state index contributed by atoms with van der Waals surface area (Å²) in [6.45, 7) is 4.26. The molecule has 33 heavy (non-hydrogen) atoms. The molecule has 3 aromatic carbocycles. The van der Waals surface area contributed by atoms with Crippen LogP contribution in [0.1, 0.15) is 35.4 Å². The van der Waals surface area contributed by atoms with Gasteiger partial charge in [-0.15, -0.1) is 0 Å². The Morgan fingerprint density at radius 3 is 1.88 bits per heavy atom. The minimum Gasteiger partial charge on any atom is -0.302 e. The van der Waals surface area contributed by atoms with Crippen LogP contribution in [0, 0.1) is 5.41 Å². The molecule has 0 aliphatic carbocycles. The van der Waals surface area contributed by atoms with Gasteiger partial charge in [0, 0.05) is 32.1 Å². The van der Waals surface area contributed by atoms with Crippen molar-refractivity contribution >= 4 is 10.0 Å². The lowest BCUT2D eigenvalue weighted by Crippen LogP contribution is -2.35. The van der Waals surface area contributed by atoms with E-state index in [9.17, 15) is 8.42 Å². The summed E-state index contributed by atoms with van der Waals surface area (Å²) >= 11 is 0. The van der Waals surface area contributed by atoms with Crippen LogP contribution in [0.25, 0.3) is 0 Å². The SMILES string of the molecule is O=S(=O)(Cc1ccccc1)N1CC[C@]2(CCN(CC(c3ccccc3)c3ccccc3)C2)C1. The Kier molecular flexibility index (Phi) is 6.37. The number of rotatable bonds is 7. The maximum atomic E-state index is 13.1. The van der Waals surface area contributed by atoms with Crippen molar-refractivity contribution in [1.82, 2.24) is 9.21 Å². The van der Waals surface area contributed by atoms with Gasteiger partial charge in [0.05, 0.1) is 5.75 Å². The summed E-state index contributed by atoms with van der Waals surface area (Å²) in [6.07, 6.45) is 2.03. The average Bonchev–Trinajstić information content (AvgIpc) is 3.46. The fourth-order valence-electron chi connectivity index (χ4n) is 5.56. The number of sulfonamides is 1. The van der Waals surface area contributed by atoms with E-state index in [2.05, 4.69) is 65.6 Å². The van der Waals surface area contributed by atoms with Crippen molar-refractivity contribution in [3.05, 3.63) is 108 Å². The first-order chi connectivity index (χ1) is 16.0. The zero-order valence-electron chi connectivity index (χ0n) is 19.0. The molecule has 172 valence electrons. The second kappa shape index (κ2) is 9.41. The summed E-state index contributed by atoms with van der Waals surface area (Å²) in [5, 5.41) is 0. The average molecular weight is 461 g/mol. The van der Waals surface area contributed by atoms with Gasteiger partial charge in [-0.2, -0.15) is 0 Å². The largest absolute Gasteiger partial charge is 0.302 e. The van der Waals surface area contributed by atoms with Crippen LogP contribution in [0.15, 0.2) is 91.0 Å². The minimum atomic E-state index is -3.29. The van der Waals surface area contributed by atoms with Gasteiger partial charge in [-0.05, 0) is 41.5 Å². The molecule has 0 amide bonds. The van der Waals surface area contributed by atoms with Crippen LogP contribution in [-0.4, -0.2) is 50.3 Å². The Morgan fingerprint density at radius 1 is 0.727 bits per heavy atom. The van der Waals surface area contributed by atoms with Crippen LogP contribution < -0.4 is 0 Å². The number of hydrogen-bond donors (Lipinski definition) is 0. The summed E-state index contributed by atoms with van der Waals surface area (Å²) in [4.78, 5) is 2.55. The first-order valence-corrected chi connectivity index (χ1v) is 13.5. The first kappa shape index (κ1) is 22.3. The van der Waals surface area contributed by atoms with Crippen LogP contribution in [0.3, 0.4) is 0 Å². The van der Waals surface area contributed by atoms with Gasteiger partial charge < -0.3 is 4.90 Å². The molecule has 3 aromatic rings. The third-order valence-electron chi connectivity index (χ3n) is 7.35. The molecule has 0 saturated carbocycles. The number of likely N-dealkylation sites (tertiary alicyclic amines) is 1. The van der Waals surface area contributed by atoms with Gasteiger partial charge in [0.1, 0.15) is 0 Å². The van der Waals surface area contributed by atoms with Gasteiger partial charge in [-0.1, -0.05) is 91.0 Å². The van der Waals surface area contributed by atoms with Crippen molar-refractivity contribution in [3.8, 4) is 0 Å². The van der Waals surface area contributed by atoms with Crippen molar-refractivity contribution in [2.75, 3.05) is 32.7 Å². The lowest BCUT2D eigenvalue weighted by molar-refractivity contribution is 0.260. The van der Waals surface area contributed by atoms with Crippen LogP contribution in [0.4, 0.5) is 0 Å². The van der Waals surface area contributed by atoms with Crippen LogP contribution in [-0.2, 0) is 15.8 Å². The van der Waals surface area contributed by atoms with E-state index in [0.717, 1.165) is 38.0 Å². The summed E-state index contributed by atoms with van der Waals surface area (Å²) < 4.78 is 27.9. The lowest BCUT2D eigenvalue weighted by atomic mass is 9.86. The molecule has 2 heterocycles. The molecule has 2 saturated heterocycles. The van der Waals surface area contributed by atoms with Crippen molar-refractivity contribution in [2.24, 2.45) is 5.41 Å². The minimum absolute atomic E-state index is 0.0850. The van der Waals surface area contributed by atoms with Gasteiger partial charge in [-0.25, -0.2) is 12.7 Å². The molecule has 5 rings (SSSR count). The third kappa shape index (κ3) is 5.06. The molecule has 2 aliphatic heterocycles. The van der Waals surface area contributed by atoms with Gasteiger partial charge in [0.2, 0.25) is 10.0 Å². The van der Waals surface area contributed by atoms with E-state index < -0.39 is 10.0 Å². The van der Waals surface area contributed by atoms with E-state index in [1.54, 1.807) is 4.31 Å². The summed E-state index contributed by atoms with van der Waals surface area (Å²) in [5.74, 6) is 0.416. The Balaban J connectivity index is 1.27. The van der Waals surface area contributed by atoms with E-state index in [1.807, 2.05) is 30.3 Å². The van der Waals surface area contributed by atoms with E-state index in [1.165, 1.54) is 11.1 Å². The lowest BCUT2D eigenvalue weighted by Gasteiger charge is -2.28. The molecule has 0 unspecified atom stereocenters. The summed E-state index contributed by atoms with van der Waals surface area (Å²) in [5.41, 5.74) is 3.62. The fourth-order valence-corrected chi connectivity index (χ4v) is 7.19. The molecule has 2 aliphatic rings. The number of nitrogens with zero attached hydrogens (tertiary/aromatic N) is 2. The van der Waals surface area contributed by atoms with Gasteiger partial charge in [-0.3, -0.25) is 0 Å². The van der Waals surface area contributed by atoms with E-state index >= 15 is 0 Å². The third-order valence-corrected chi connectivity index (χ3v) is 9.15. The summed E-state index contributed by atoms with van der Waals surface area (Å²) in [7, 11) is -3.29. The smallest absolute Gasteiger partial charge is 0.218 e. The predicted octanol–water partition coefficient (Wildman–Crippen LogP) is 4.75. The first-order valence-electron chi connectivity index (χ1n) is 11.9. The molecule has 0 aromatic heterocycles. The Bertz CT molecular complexity index is 1110. The number of benzene rings is 3. The van der Waals surface area contributed by atoms with Gasteiger partial charge >= 0.3 is 0 Å². The molecule has 0 N–H and O–H groups in total. The second-order valence-electron chi connectivity index (χ2n) is 9.68. The summed E-state index contributed by atoms with van der Waals surface area (Å²) in [6, 6.07) is 31.0. The predicted molar refractivity (Wildman–Crippen MR) is 133 cm³/mol.